The molecule has 0 spiro atoms. The lowest BCUT2D eigenvalue weighted by molar-refractivity contribution is -0.137. The highest BCUT2D eigenvalue weighted by molar-refractivity contribution is 5.78. The molecule has 4 nitrogen and oxygen atoms in total. The second-order valence-electron chi connectivity index (χ2n) is 4.50. The maximum atomic E-state index is 12.6. The first-order valence-electron chi connectivity index (χ1n) is 5.75. The van der Waals surface area contributed by atoms with Gasteiger partial charge in [-0.2, -0.15) is 13.2 Å². The third-order valence-electron chi connectivity index (χ3n) is 3.26. The van der Waals surface area contributed by atoms with Gasteiger partial charge in [0.25, 0.3) is 5.56 Å². The summed E-state index contributed by atoms with van der Waals surface area (Å²) in [6.07, 6.45) is -3.07. The Hall–Kier alpha value is -1.89. The van der Waals surface area contributed by atoms with E-state index in [4.69, 9.17) is 0 Å². The maximum Gasteiger partial charge on any atom is 0.416 e. The van der Waals surface area contributed by atoms with E-state index in [1.807, 2.05) is 0 Å². The molecule has 1 fully saturated rings. The van der Waals surface area contributed by atoms with Crippen molar-refractivity contribution in [2.75, 3.05) is 13.1 Å². The predicted molar refractivity (Wildman–Crippen MR) is 62.9 cm³/mol. The molecule has 2 aromatic rings. The molecule has 19 heavy (non-hydrogen) atoms. The number of aromatic nitrogens is 2. The van der Waals surface area contributed by atoms with E-state index < -0.39 is 17.3 Å². The summed E-state index contributed by atoms with van der Waals surface area (Å²) < 4.78 is 39.3. The van der Waals surface area contributed by atoms with Gasteiger partial charge < -0.3 is 5.32 Å². The van der Waals surface area contributed by atoms with Gasteiger partial charge in [-0.1, -0.05) is 0 Å². The summed E-state index contributed by atoms with van der Waals surface area (Å²) in [4.78, 5) is 16.2. The largest absolute Gasteiger partial charge is 0.416 e. The number of hydrogen-bond donors (Lipinski definition) is 1. The van der Waals surface area contributed by atoms with Gasteiger partial charge in [-0.3, -0.25) is 9.36 Å². The van der Waals surface area contributed by atoms with Crippen LogP contribution in [0.2, 0.25) is 0 Å². The Morgan fingerprint density at radius 2 is 2.05 bits per heavy atom. The molecule has 2 heterocycles. The highest BCUT2D eigenvalue weighted by atomic mass is 19.4. The molecular weight excluding hydrogens is 259 g/mol. The smallest absolute Gasteiger partial charge is 0.313 e. The number of benzene rings is 1. The molecule has 0 radical (unpaired) electrons. The summed E-state index contributed by atoms with van der Waals surface area (Å²) in [5.74, 6) is 0. The lowest BCUT2D eigenvalue weighted by Crippen LogP contribution is -2.46. The van der Waals surface area contributed by atoms with Crippen molar-refractivity contribution in [3.05, 3.63) is 40.4 Å². The van der Waals surface area contributed by atoms with Gasteiger partial charge in [-0.25, -0.2) is 4.98 Å². The average molecular weight is 269 g/mol. The molecule has 0 aliphatic carbocycles. The van der Waals surface area contributed by atoms with Gasteiger partial charge >= 0.3 is 6.18 Å². The van der Waals surface area contributed by atoms with E-state index in [0.29, 0.717) is 13.1 Å². The molecule has 1 N–H and O–H groups in total. The molecule has 0 atom stereocenters. The zero-order chi connectivity index (χ0) is 13.6. The van der Waals surface area contributed by atoms with Crippen LogP contribution in [0, 0.1) is 0 Å². The van der Waals surface area contributed by atoms with Gasteiger partial charge in [0.1, 0.15) is 0 Å². The zero-order valence-electron chi connectivity index (χ0n) is 9.74. The monoisotopic (exact) mass is 269 g/mol. The van der Waals surface area contributed by atoms with Crippen molar-refractivity contribution >= 4 is 10.9 Å². The molecule has 1 aromatic heterocycles. The molecule has 0 amide bonds. The third-order valence-corrected chi connectivity index (χ3v) is 3.26. The number of nitrogens with zero attached hydrogens (tertiary/aromatic N) is 2. The number of hydrogen-bond acceptors (Lipinski definition) is 3. The molecule has 0 bridgehead atoms. The molecule has 7 heteroatoms. The second-order valence-corrected chi connectivity index (χ2v) is 4.50. The minimum Gasteiger partial charge on any atom is -0.313 e. The van der Waals surface area contributed by atoms with Gasteiger partial charge in [0.15, 0.2) is 0 Å². The van der Waals surface area contributed by atoms with Crippen molar-refractivity contribution in [1.82, 2.24) is 14.9 Å². The minimum atomic E-state index is -4.46. The Balaban J connectivity index is 2.19. The lowest BCUT2D eigenvalue weighted by Gasteiger charge is -2.28. The highest BCUT2D eigenvalue weighted by Crippen LogP contribution is 2.30. The first-order valence-corrected chi connectivity index (χ1v) is 5.75. The minimum absolute atomic E-state index is 0.00391. The highest BCUT2D eigenvalue weighted by Gasteiger charge is 2.31. The summed E-state index contributed by atoms with van der Waals surface area (Å²) in [6.45, 7) is 1.26. The fourth-order valence-corrected chi connectivity index (χ4v) is 2.04. The van der Waals surface area contributed by atoms with Crippen molar-refractivity contribution in [3.8, 4) is 0 Å². The molecule has 1 saturated heterocycles. The average Bonchev–Trinajstić information content (AvgIpc) is 2.29. The number of nitrogens with one attached hydrogen (secondary N) is 1. The van der Waals surface area contributed by atoms with Crippen LogP contribution in [0.15, 0.2) is 29.3 Å². The van der Waals surface area contributed by atoms with E-state index >= 15 is 0 Å². The van der Waals surface area contributed by atoms with Gasteiger partial charge in [0.05, 0.1) is 28.8 Å². The number of alkyl halides is 3. The van der Waals surface area contributed by atoms with Crippen molar-refractivity contribution in [2.45, 2.75) is 12.2 Å². The summed E-state index contributed by atoms with van der Waals surface area (Å²) in [5.41, 5.74) is -0.979. The first-order chi connectivity index (χ1) is 8.97. The van der Waals surface area contributed by atoms with Crippen LogP contribution >= 0.6 is 0 Å². The fraction of sp³-hybridized carbons (Fsp3) is 0.333. The first kappa shape index (κ1) is 12.2. The third kappa shape index (κ3) is 1.99. The van der Waals surface area contributed by atoms with Gasteiger partial charge in [-0.15, -0.1) is 0 Å². The number of rotatable bonds is 1. The molecule has 1 aliphatic heterocycles. The van der Waals surface area contributed by atoms with Gasteiger partial charge in [-0.05, 0) is 18.2 Å². The molecule has 100 valence electrons. The van der Waals surface area contributed by atoms with Crippen LogP contribution in [0.3, 0.4) is 0 Å². The number of halogens is 3. The van der Waals surface area contributed by atoms with Gasteiger partial charge in [0.2, 0.25) is 0 Å². The normalized spacial score (nSPS) is 16.6. The Labute approximate surface area is 105 Å². The molecule has 0 saturated carbocycles. The zero-order valence-corrected chi connectivity index (χ0v) is 9.74. The van der Waals surface area contributed by atoms with Crippen LogP contribution in [-0.4, -0.2) is 22.6 Å². The molecule has 1 aromatic carbocycles. The van der Waals surface area contributed by atoms with E-state index in [9.17, 15) is 18.0 Å². The Morgan fingerprint density at radius 1 is 1.32 bits per heavy atom. The molecule has 0 unspecified atom stereocenters. The second kappa shape index (κ2) is 4.06. The number of fused-ring (bicyclic) bond motifs is 1. The summed E-state index contributed by atoms with van der Waals surface area (Å²) >= 11 is 0. The van der Waals surface area contributed by atoms with Crippen LogP contribution in [-0.2, 0) is 6.18 Å². The van der Waals surface area contributed by atoms with Crippen molar-refractivity contribution < 1.29 is 13.2 Å². The van der Waals surface area contributed by atoms with E-state index in [1.54, 1.807) is 0 Å². The Kier molecular flexibility index (Phi) is 2.60. The molecule has 3 rings (SSSR count). The van der Waals surface area contributed by atoms with Crippen molar-refractivity contribution in [1.29, 1.82) is 0 Å². The van der Waals surface area contributed by atoms with Crippen LogP contribution in [0.25, 0.3) is 10.9 Å². The van der Waals surface area contributed by atoms with E-state index in [1.165, 1.54) is 17.0 Å². The predicted octanol–water partition coefficient (Wildman–Crippen LogP) is 1.56. The lowest BCUT2D eigenvalue weighted by atomic mass is 10.1. The van der Waals surface area contributed by atoms with Crippen LogP contribution in [0.4, 0.5) is 13.2 Å². The summed E-state index contributed by atoms with van der Waals surface area (Å²) in [7, 11) is 0. The summed E-state index contributed by atoms with van der Waals surface area (Å²) in [6, 6.07) is 3.00. The SMILES string of the molecule is O=c1c2cc(C(F)(F)F)ccc2ncn1C1CNC1. The fourth-order valence-electron chi connectivity index (χ4n) is 2.04. The Bertz CT molecular complexity index is 689. The summed E-state index contributed by atoms with van der Waals surface area (Å²) in [5, 5.41) is 3.01. The van der Waals surface area contributed by atoms with Crippen molar-refractivity contribution in [2.24, 2.45) is 0 Å². The molecular formula is C12H10F3N3O. The van der Waals surface area contributed by atoms with E-state index in [-0.39, 0.29) is 16.9 Å². The molecule has 1 aliphatic rings. The van der Waals surface area contributed by atoms with Crippen molar-refractivity contribution in [3.63, 3.8) is 0 Å². The Morgan fingerprint density at radius 3 is 2.63 bits per heavy atom. The standard InChI is InChI=1S/C12H10F3N3O/c13-12(14,15)7-1-2-10-9(3-7)11(19)18(6-17-10)8-4-16-5-8/h1-3,6,8,16H,4-5H2. The van der Waals surface area contributed by atoms with E-state index in [2.05, 4.69) is 10.3 Å². The van der Waals surface area contributed by atoms with E-state index in [0.717, 1.165) is 12.1 Å². The van der Waals surface area contributed by atoms with Crippen LogP contribution in [0.1, 0.15) is 11.6 Å². The van der Waals surface area contributed by atoms with Gasteiger partial charge in [0, 0.05) is 13.1 Å². The topological polar surface area (TPSA) is 46.9 Å². The van der Waals surface area contributed by atoms with Crippen LogP contribution in [0.5, 0.6) is 0 Å². The van der Waals surface area contributed by atoms with Crippen LogP contribution < -0.4 is 10.9 Å². The maximum absolute atomic E-state index is 12.6. The quantitative estimate of drug-likeness (QED) is 0.854.